The number of aromatic nitrogens is 2. The molecule has 3 rings (SSSR count). The van der Waals surface area contributed by atoms with Crippen LogP contribution in [-0.4, -0.2) is 34.7 Å². The first kappa shape index (κ1) is 24.2. The number of aryl methyl sites for hydroxylation is 1. The van der Waals surface area contributed by atoms with Crippen molar-refractivity contribution < 1.29 is 17.6 Å². The van der Waals surface area contributed by atoms with Gasteiger partial charge in [0, 0.05) is 25.7 Å². The molecule has 0 amide bonds. The highest BCUT2D eigenvalue weighted by Crippen LogP contribution is 2.32. The minimum atomic E-state index is -4.59. The van der Waals surface area contributed by atoms with Gasteiger partial charge in [-0.3, -0.25) is 0 Å². The van der Waals surface area contributed by atoms with Gasteiger partial charge in [-0.2, -0.15) is 18.2 Å². The van der Waals surface area contributed by atoms with E-state index in [1.807, 2.05) is 4.90 Å². The molecule has 1 aliphatic rings. The lowest BCUT2D eigenvalue weighted by Crippen LogP contribution is -2.39. The Morgan fingerprint density at radius 3 is 2.41 bits per heavy atom. The van der Waals surface area contributed by atoms with E-state index in [4.69, 9.17) is 12.2 Å². The highest BCUT2D eigenvalue weighted by atomic mass is 32.1. The molecule has 32 heavy (non-hydrogen) atoms. The van der Waals surface area contributed by atoms with Crippen molar-refractivity contribution in [3.8, 4) is 0 Å². The van der Waals surface area contributed by atoms with Crippen LogP contribution in [0.25, 0.3) is 0 Å². The maximum Gasteiger partial charge on any atom is 0.433 e. The average Bonchev–Trinajstić information content (AvgIpc) is 2.71. The molecule has 2 atom stereocenters. The van der Waals surface area contributed by atoms with Gasteiger partial charge < -0.3 is 15.5 Å². The number of hydrogen-bond acceptors (Lipinski definition) is 4. The molecule has 0 unspecified atom stereocenters. The van der Waals surface area contributed by atoms with Gasteiger partial charge in [0.05, 0.1) is 0 Å². The Balaban J connectivity index is 1.62. The maximum absolute atomic E-state index is 13.4. The topological polar surface area (TPSA) is 53.1 Å². The van der Waals surface area contributed by atoms with E-state index in [0.29, 0.717) is 44.3 Å². The summed E-state index contributed by atoms with van der Waals surface area (Å²) in [6.07, 6.45) is -2.13. The summed E-state index contributed by atoms with van der Waals surface area (Å²) in [5.41, 5.74) is -0.0158. The first-order valence-corrected chi connectivity index (χ1v) is 11.0. The van der Waals surface area contributed by atoms with Gasteiger partial charge in [0.25, 0.3) is 0 Å². The first-order chi connectivity index (χ1) is 15.1. The van der Waals surface area contributed by atoms with Crippen LogP contribution in [-0.2, 0) is 12.6 Å². The summed E-state index contributed by atoms with van der Waals surface area (Å²) in [5.74, 6) is 0.502. The molecule has 2 aromatic rings. The number of nitrogens with one attached hydrogen (secondary N) is 2. The van der Waals surface area contributed by atoms with Crippen LogP contribution >= 0.6 is 12.2 Å². The van der Waals surface area contributed by atoms with Crippen LogP contribution in [0.4, 0.5) is 29.3 Å². The standard InChI is InChI=1S/C22H27F4N5S/c1-14-10-15(2)13-31(12-14)19-11-18(22(24,25)26)28-20(29-19)30-21(32)27-9-3-4-16-5-7-17(23)8-6-16/h5-8,11,14-15H,3-4,9-10,12-13H2,1-2H3,(H2,27,28,29,30,32)/t14-,15-/m0/s1. The third-order valence-corrected chi connectivity index (χ3v) is 5.51. The van der Waals surface area contributed by atoms with Crippen molar-refractivity contribution in [2.75, 3.05) is 29.9 Å². The van der Waals surface area contributed by atoms with Crippen molar-refractivity contribution in [2.45, 2.75) is 39.3 Å². The predicted octanol–water partition coefficient (Wildman–Crippen LogP) is 5.04. The molecule has 0 aliphatic carbocycles. The molecule has 5 nitrogen and oxygen atoms in total. The summed E-state index contributed by atoms with van der Waals surface area (Å²) in [6, 6.07) is 7.23. The van der Waals surface area contributed by atoms with Crippen LogP contribution in [0.15, 0.2) is 30.3 Å². The van der Waals surface area contributed by atoms with Crippen LogP contribution in [0, 0.1) is 17.7 Å². The number of benzene rings is 1. The van der Waals surface area contributed by atoms with E-state index in [1.165, 1.54) is 12.1 Å². The van der Waals surface area contributed by atoms with E-state index in [0.717, 1.165) is 18.1 Å². The Morgan fingerprint density at radius 2 is 1.78 bits per heavy atom. The maximum atomic E-state index is 13.4. The second kappa shape index (κ2) is 10.4. The molecule has 1 aliphatic heterocycles. The second-order valence-corrected chi connectivity index (χ2v) is 8.80. The Kier molecular flexibility index (Phi) is 7.86. The van der Waals surface area contributed by atoms with E-state index >= 15 is 0 Å². The molecule has 2 heterocycles. The van der Waals surface area contributed by atoms with E-state index in [1.54, 1.807) is 12.1 Å². The van der Waals surface area contributed by atoms with Crippen molar-refractivity contribution in [3.05, 3.63) is 47.4 Å². The van der Waals surface area contributed by atoms with Gasteiger partial charge in [-0.05, 0) is 61.0 Å². The fourth-order valence-electron chi connectivity index (χ4n) is 3.94. The summed E-state index contributed by atoms with van der Waals surface area (Å²) in [7, 11) is 0. The zero-order valence-corrected chi connectivity index (χ0v) is 18.9. The number of anilines is 2. The average molecular weight is 470 g/mol. The summed E-state index contributed by atoms with van der Waals surface area (Å²) in [5, 5.41) is 5.79. The number of rotatable bonds is 6. The van der Waals surface area contributed by atoms with Gasteiger partial charge in [0.2, 0.25) is 5.95 Å². The normalized spacial score (nSPS) is 19.0. The molecule has 10 heteroatoms. The van der Waals surface area contributed by atoms with E-state index in [2.05, 4.69) is 34.4 Å². The number of hydrogen-bond donors (Lipinski definition) is 2. The molecule has 174 valence electrons. The van der Waals surface area contributed by atoms with Crippen molar-refractivity contribution in [3.63, 3.8) is 0 Å². The number of halogens is 4. The van der Waals surface area contributed by atoms with Crippen molar-refractivity contribution >= 4 is 29.1 Å². The molecule has 1 saturated heterocycles. The molecule has 0 spiro atoms. The summed E-state index contributed by atoms with van der Waals surface area (Å²) in [4.78, 5) is 9.80. The molecule has 0 bridgehead atoms. The quantitative estimate of drug-likeness (QED) is 0.351. The number of thiocarbonyl (C=S) groups is 1. The van der Waals surface area contributed by atoms with E-state index in [-0.39, 0.29) is 22.7 Å². The van der Waals surface area contributed by atoms with Gasteiger partial charge >= 0.3 is 6.18 Å². The second-order valence-electron chi connectivity index (χ2n) is 8.39. The molecule has 1 aromatic carbocycles. The zero-order chi connectivity index (χ0) is 23.3. The SMILES string of the molecule is C[C@H]1C[C@H](C)CN(c2cc(C(F)(F)F)nc(NC(=S)NCCCc3ccc(F)cc3)n2)C1. The Hall–Kier alpha value is -2.49. The molecule has 1 aromatic heterocycles. The van der Waals surface area contributed by atoms with Gasteiger partial charge in [-0.1, -0.05) is 26.0 Å². The van der Waals surface area contributed by atoms with Gasteiger partial charge in [-0.25, -0.2) is 9.37 Å². The van der Waals surface area contributed by atoms with Gasteiger partial charge in [-0.15, -0.1) is 0 Å². The minimum Gasteiger partial charge on any atom is -0.362 e. The fourth-order valence-corrected chi connectivity index (χ4v) is 4.13. The lowest BCUT2D eigenvalue weighted by atomic mass is 9.92. The third-order valence-electron chi connectivity index (χ3n) is 5.26. The van der Waals surface area contributed by atoms with Gasteiger partial charge in [0.1, 0.15) is 11.6 Å². The molecular formula is C22H27F4N5S. The number of nitrogens with zero attached hydrogens (tertiary/aromatic N) is 3. The predicted molar refractivity (Wildman–Crippen MR) is 121 cm³/mol. The van der Waals surface area contributed by atoms with Crippen LogP contribution in [0.1, 0.15) is 37.9 Å². The molecule has 0 saturated carbocycles. The van der Waals surface area contributed by atoms with Crippen molar-refractivity contribution in [1.29, 1.82) is 0 Å². The smallest absolute Gasteiger partial charge is 0.362 e. The van der Waals surface area contributed by atoms with Crippen LogP contribution in [0.2, 0.25) is 0 Å². The molecule has 1 fully saturated rings. The van der Waals surface area contributed by atoms with Crippen molar-refractivity contribution in [1.82, 2.24) is 15.3 Å². The third kappa shape index (κ3) is 7.01. The Bertz CT molecular complexity index is 910. The largest absolute Gasteiger partial charge is 0.433 e. The Morgan fingerprint density at radius 1 is 1.12 bits per heavy atom. The molecular weight excluding hydrogens is 442 g/mol. The zero-order valence-electron chi connectivity index (χ0n) is 18.0. The molecule has 0 radical (unpaired) electrons. The van der Waals surface area contributed by atoms with Crippen LogP contribution < -0.4 is 15.5 Å². The molecule has 2 N–H and O–H groups in total. The highest BCUT2D eigenvalue weighted by Gasteiger charge is 2.35. The minimum absolute atomic E-state index is 0.148. The lowest BCUT2D eigenvalue weighted by Gasteiger charge is -2.36. The number of piperidine rings is 1. The van der Waals surface area contributed by atoms with Gasteiger partial charge in [0.15, 0.2) is 10.8 Å². The van der Waals surface area contributed by atoms with Crippen molar-refractivity contribution in [2.24, 2.45) is 11.8 Å². The van der Waals surface area contributed by atoms with Crippen LogP contribution in [0.5, 0.6) is 0 Å². The summed E-state index contributed by atoms with van der Waals surface area (Å²) < 4.78 is 53.2. The first-order valence-electron chi connectivity index (χ1n) is 10.6. The highest BCUT2D eigenvalue weighted by molar-refractivity contribution is 7.80. The van der Waals surface area contributed by atoms with Crippen LogP contribution in [0.3, 0.4) is 0 Å². The fraction of sp³-hybridized carbons (Fsp3) is 0.500. The van der Waals surface area contributed by atoms with E-state index < -0.39 is 11.9 Å². The van der Waals surface area contributed by atoms with E-state index in [9.17, 15) is 17.6 Å². The lowest BCUT2D eigenvalue weighted by molar-refractivity contribution is -0.141. The summed E-state index contributed by atoms with van der Waals surface area (Å²) in [6.45, 7) is 5.95. The number of alkyl halides is 3. The summed E-state index contributed by atoms with van der Waals surface area (Å²) >= 11 is 5.21. The monoisotopic (exact) mass is 469 g/mol. The Labute approximate surface area is 190 Å².